The first-order valence-corrected chi connectivity index (χ1v) is 9.37. The van der Waals surface area contributed by atoms with Crippen LogP contribution >= 0.6 is 0 Å². The number of piperazine rings is 1. The second-order valence-corrected chi connectivity index (χ2v) is 6.58. The molecule has 0 radical (unpaired) electrons. The lowest BCUT2D eigenvalue weighted by atomic mass is 10.0. The van der Waals surface area contributed by atoms with Crippen LogP contribution in [0.3, 0.4) is 0 Å². The predicted octanol–water partition coefficient (Wildman–Crippen LogP) is 3.46. The van der Waals surface area contributed by atoms with Crippen molar-refractivity contribution in [2.75, 3.05) is 39.9 Å². The highest BCUT2D eigenvalue weighted by atomic mass is 16.5. The molecule has 1 aliphatic rings. The molecule has 0 aromatic heterocycles. The van der Waals surface area contributed by atoms with Gasteiger partial charge in [0.15, 0.2) is 11.5 Å². The van der Waals surface area contributed by atoms with E-state index in [1.165, 1.54) is 0 Å². The molecule has 0 spiro atoms. The van der Waals surface area contributed by atoms with Crippen molar-refractivity contribution in [3.05, 3.63) is 23.8 Å². The van der Waals surface area contributed by atoms with Crippen LogP contribution in [0.1, 0.15) is 45.2 Å². The average Bonchev–Trinajstić information content (AvgIpc) is 2.63. The molecule has 5 nitrogen and oxygen atoms in total. The fourth-order valence-electron chi connectivity index (χ4n) is 3.36. The number of hydrogen-bond acceptors (Lipinski definition) is 5. The minimum absolute atomic E-state index is 0.252. The van der Waals surface area contributed by atoms with Crippen LogP contribution in [0.25, 0.3) is 0 Å². The molecule has 0 bridgehead atoms. The van der Waals surface area contributed by atoms with E-state index in [-0.39, 0.29) is 6.04 Å². The van der Waals surface area contributed by atoms with Crippen LogP contribution in [-0.4, -0.2) is 55.7 Å². The number of benzene rings is 1. The number of ether oxygens (including phenoxy) is 2. The standard InChI is InChI=1S/C20H31N3O2/c1-5-12-25-19-9-8-16(13-20(19)24-7-3)18(14-21)23-11-10-22(4)15-17(23)6-2/h8-9,13,17-18H,5-7,10-12,15H2,1-4H3. The van der Waals surface area contributed by atoms with E-state index in [4.69, 9.17) is 9.47 Å². The van der Waals surface area contributed by atoms with Gasteiger partial charge in [0.1, 0.15) is 6.04 Å². The molecule has 0 amide bonds. The molecule has 1 heterocycles. The summed E-state index contributed by atoms with van der Waals surface area (Å²) in [5, 5.41) is 9.87. The fraction of sp³-hybridized carbons (Fsp3) is 0.650. The first-order valence-electron chi connectivity index (χ1n) is 9.37. The van der Waals surface area contributed by atoms with Gasteiger partial charge in [-0.2, -0.15) is 5.26 Å². The van der Waals surface area contributed by atoms with Crippen LogP contribution in [-0.2, 0) is 0 Å². The van der Waals surface area contributed by atoms with Crippen molar-refractivity contribution in [3.63, 3.8) is 0 Å². The highest BCUT2D eigenvalue weighted by Crippen LogP contribution is 2.34. The molecular weight excluding hydrogens is 314 g/mol. The van der Waals surface area contributed by atoms with Crippen LogP contribution < -0.4 is 9.47 Å². The van der Waals surface area contributed by atoms with E-state index < -0.39 is 0 Å². The van der Waals surface area contributed by atoms with Crippen molar-refractivity contribution < 1.29 is 9.47 Å². The number of hydrogen-bond donors (Lipinski definition) is 0. The normalized spacial score (nSPS) is 20.0. The summed E-state index contributed by atoms with van der Waals surface area (Å²) in [6.07, 6.45) is 1.99. The zero-order valence-corrected chi connectivity index (χ0v) is 16.0. The molecule has 138 valence electrons. The molecule has 2 rings (SSSR count). The Bertz CT molecular complexity index is 585. The zero-order valence-electron chi connectivity index (χ0n) is 16.0. The van der Waals surface area contributed by atoms with Gasteiger partial charge in [0.2, 0.25) is 0 Å². The van der Waals surface area contributed by atoms with E-state index >= 15 is 0 Å². The molecule has 1 aromatic rings. The lowest BCUT2D eigenvalue weighted by molar-refractivity contribution is 0.0674. The first kappa shape index (κ1) is 19.6. The van der Waals surface area contributed by atoms with Crippen molar-refractivity contribution >= 4 is 0 Å². The summed E-state index contributed by atoms with van der Waals surface area (Å²) in [6, 6.07) is 8.58. The summed E-state index contributed by atoms with van der Waals surface area (Å²) < 4.78 is 11.5. The quantitative estimate of drug-likeness (QED) is 0.722. The van der Waals surface area contributed by atoms with Crippen molar-refractivity contribution in [2.45, 2.75) is 45.7 Å². The Hall–Kier alpha value is -1.77. The van der Waals surface area contributed by atoms with Gasteiger partial charge in [-0.1, -0.05) is 19.9 Å². The molecule has 2 atom stereocenters. The van der Waals surface area contributed by atoms with Crippen LogP contribution in [0, 0.1) is 11.3 Å². The number of nitriles is 1. The van der Waals surface area contributed by atoms with E-state index in [0.29, 0.717) is 19.3 Å². The van der Waals surface area contributed by atoms with E-state index in [9.17, 15) is 5.26 Å². The molecule has 5 heteroatoms. The van der Waals surface area contributed by atoms with Gasteiger partial charge in [-0.3, -0.25) is 4.90 Å². The van der Waals surface area contributed by atoms with E-state index in [0.717, 1.165) is 49.5 Å². The van der Waals surface area contributed by atoms with Gasteiger partial charge in [-0.15, -0.1) is 0 Å². The molecule has 1 fully saturated rings. The Kier molecular flexibility index (Phi) is 7.54. The Morgan fingerprint density at radius 2 is 2.00 bits per heavy atom. The summed E-state index contributed by atoms with van der Waals surface area (Å²) in [5.74, 6) is 1.49. The van der Waals surface area contributed by atoms with Crippen LogP contribution in [0.4, 0.5) is 0 Å². The van der Waals surface area contributed by atoms with Crippen LogP contribution in [0.2, 0.25) is 0 Å². The molecular formula is C20H31N3O2. The van der Waals surface area contributed by atoms with Crippen molar-refractivity contribution in [1.29, 1.82) is 5.26 Å². The second kappa shape index (κ2) is 9.65. The van der Waals surface area contributed by atoms with Gasteiger partial charge in [0, 0.05) is 25.7 Å². The minimum Gasteiger partial charge on any atom is -0.490 e. The second-order valence-electron chi connectivity index (χ2n) is 6.58. The number of likely N-dealkylation sites (N-methyl/N-ethyl adjacent to an activating group) is 1. The van der Waals surface area contributed by atoms with Gasteiger partial charge in [-0.05, 0) is 44.5 Å². The maximum atomic E-state index is 9.87. The van der Waals surface area contributed by atoms with Gasteiger partial charge in [0.05, 0.1) is 19.3 Å². The van der Waals surface area contributed by atoms with Gasteiger partial charge < -0.3 is 14.4 Å². The van der Waals surface area contributed by atoms with Gasteiger partial charge in [-0.25, -0.2) is 0 Å². The van der Waals surface area contributed by atoms with E-state index in [2.05, 4.69) is 36.8 Å². The molecule has 0 N–H and O–H groups in total. The maximum absolute atomic E-state index is 9.87. The smallest absolute Gasteiger partial charge is 0.161 e. The molecule has 1 saturated heterocycles. The molecule has 2 unspecified atom stereocenters. The highest BCUT2D eigenvalue weighted by Gasteiger charge is 2.31. The lowest BCUT2D eigenvalue weighted by Crippen LogP contribution is -2.52. The topological polar surface area (TPSA) is 48.7 Å². The average molecular weight is 345 g/mol. The third-order valence-electron chi connectivity index (χ3n) is 4.70. The number of rotatable bonds is 8. The number of nitrogens with zero attached hydrogens (tertiary/aromatic N) is 3. The molecule has 0 saturated carbocycles. The largest absolute Gasteiger partial charge is 0.490 e. The Morgan fingerprint density at radius 1 is 1.20 bits per heavy atom. The fourth-order valence-corrected chi connectivity index (χ4v) is 3.36. The summed E-state index contributed by atoms with van der Waals surface area (Å²) >= 11 is 0. The highest BCUT2D eigenvalue weighted by molar-refractivity contribution is 5.45. The molecule has 0 aliphatic carbocycles. The van der Waals surface area contributed by atoms with Crippen molar-refractivity contribution in [2.24, 2.45) is 0 Å². The SMILES string of the molecule is CCCOc1ccc(C(C#N)N2CCN(C)CC2CC)cc1OCC. The van der Waals surface area contributed by atoms with E-state index in [1.54, 1.807) is 0 Å². The Balaban J connectivity index is 2.27. The monoisotopic (exact) mass is 345 g/mol. The predicted molar refractivity (Wildman–Crippen MR) is 100 cm³/mol. The minimum atomic E-state index is -0.252. The summed E-state index contributed by atoms with van der Waals surface area (Å²) in [6.45, 7) is 10.4. The van der Waals surface area contributed by atoms with Gasteiger partial charge in [0.25, 0.3) is 0 Å². The van der Waals surface area contributed by atoms with Crippen LogP contribution in [0.5, 0.6) is 11.5 Å². The van der Waals surface area contributed by atoms with Crippen molar-refractivity contribution in [1.82, 2.24) is 9.80 Å². The summed E-state index contributed by atoms with van der Waals surface area (Å²) in [4.78, 5) is 4.67. The van der Waals surface area contributed by atoms with Crippen LogP contribution in [0.15, 0.2) is 18.2 Å². The lowest BCUT2D eigenvalue weighted by Gasteiger charge is -2.42. The van der Waals surface area contributed by atoms with Gasteiger partial charge >= 0.3 is 0 Å². The molecule has 1 aromatic carbocycles. The third kappa shape index (κ3) is 4.87. The molecule has 1 aliphatic heterocycles. The zero-order chi connectivity index (χ0) is 18.2. The first-order chi connectivity index (χ1) is 12.1. The third-order valence-corrected chi connectivity index (χ3v) is 4.70. The molecule has 25 heavy (non-hydrogen) atoms. The Morgan fingerprint density at radius 3 is 2.64 bits per heavy atom. The Labute approximate surface area is 152 Å². The summed E-state index contributed by atoms with van der Waals surface area (Å²) in [5.41, 5.74) is 0.984. The van der Waals surface area contributed by atoms with Crippen molar-refractivity contribution in [3.8, 4) is 17.6 Å². The maximum Gasteiger partial charge on any atom is 0.161 e. The summed E-state index contributed by atoms with van der Waals surface area (Å²) in [7, 11) is 2.15. The van der Waals surface area contributed by atoms with E-state index in [1.807, 2.05) is 25.1 Å².